The Bertz CT molecular complexity index is 906. The largest absolute Gasteiger partial charge is 0.461 e. The van der Waals surface area contributed by atoms with Crippen LogP contribution in [0.3, 0.4) is 0 Å². The molecule has 134 valence electrons. The Morgan fingerprint density at radius 3 is 2.60 bits per heavy atom. The van der Waals surface area contributed by atoms with E-state index in [1.54, 1.807) is 35.9 Å². The topological polar surface area (TPSA) is 81.5 Å². The first-order valence-electron chi connectivity index (χ1n) is 7.80. The van der Waals surface area contributed by atoms with Gasteiger partial charge in [-0.25, -0.2) is 17.9 Å². The highest BCUT2D eigenvalue weighted by atomic mass is 35.5. The van der Waals surface area contributed by atoms with E-state index in [0.717, 1.165) is 17.6 Å². The fourth-order valence-corrected chi connectivity index (χ4v) is 3.75. The molecule has 0 atom stereocenters. The van der Waals surface area contributed by atoms with Gasteiger partial charge in [-0.05, 0) is 31.2 Å². The summed E-state index contributed by atoms with van der Waals surface area (Å²) in [4.78, 5) is 12.3. The van der Waals surface area contributed by atoms with Crippen LogP contribution < -0.4 is 0 Å². The van der Waals surface area contributed by atoms with Crippen LogP contribution in [0.15, 0.2) is 24.3 Å². The summed E-state index contributed by atoms with van der Waals surface area (Å²) in [6.45, 7) is 2.38. The zero-order chi connectivity index (χ0) is 18.2. The van der Waals surface area contributed by atoms with Crippen LogP contribution in [-0.2, 0) is 27.7 Å². The van der Waals surface area contributed by atoms with E-state index in [2.05, 4.69) is 5.10 Å². The molecule has 0 spiro atoms. The van der Waals surface area contributed by atoms with Gasteiger partial charge in [-0.3, -0.25) is 0 Å². The van der Waals surface area contributed by atoms with Gasteiger partial charge in [0.05, 0.1) is 24.2 Å². The summed E-state index contributed by atoms with van der Waals surface area (Å²) in [6.07, 6.45) is 1.61. The smallest absolute Gasteiger partial charge is 0.359 e. The number of aromatic nitrogens is 2. The lowest BCUT2D eigenvalue weighted by Crippen LogP contribution is -2.36. The van der Waals surface area contributed by atoms with Crippen molar-refractivity contribution in [2.75, 3.05) is 19.4 Å². The number of nitrogens with zero attached hydrogens (tertiary/aromatic N) is 3. The highest BCUT2D eigenvalue weighted by Gasteiger charge is 2.32. The molecule has 0 radical (unpaired) electrons. The fraction of sp³-hybridized carbons (Fsp3) is 0.375. The molecule has 1 aromatic heterocycles. The number of sulfonamides is 1. The van der Waals surface area contributed by atoms with E-state index in [1.165, 1.54) is 4.31 Å². The SMILES string of the molecule is CCOC(=O)c1nn(-c2ccc(Cl)cc2)c2c1CN(S(C)(=O)=O)CC2. The van der Waals surface area contributed by atoms with Crippen LogP contribution in [0.2, 0.25) is 5.02 Å². The summed E-state index contributed by atoms with van der Waals surface area (Å²) in [6, 6.07) is 7.07. The molecule has 1 aliphatic heterocycles. The maximum Gasteiger partial charge on any atom is 0.359 e. The van der Waals surface area contributed by atoms with Crippen molar-refractivity contribution in [2.45, 2.75) is 19.9 Å². The van der Waals surface area contributed by atoms with Gasteiger partial charge >= 0.3 is 5.97 Å². The summed E-state index contributed by atoms with van der Waals surface area (Å²) >= 11 is 5.93. The number of esters is 1. The Balaban J connectivity index is 2.10. The lowest BCUT2D eigenvalue weighted by molar-refractivity contribution is 0.0517. The molecule has 0 aliphatic carbocycles. The van der Waals surface area contributed by atoms with E-state index in [1.807, 2.05) is 0 Å². The van der Waals surface area contributed by atoms with Gasteiger partial charge in [0, 0.05) is 30.1 Å². The first-order chi connectivity index (χ1) is 11.8. The number of benzene rings is 1. The third-order valence-corrected chi connectivity index (χ3v) is 5.53. The van der Waals surface area contributed by atoms with Crippen molar-refractivity contribution in [3.05, 3.63) is 46.2 Å². The fourth-order valence-electron chi connectivity index (χ4n) is 2.84. The van der Waals surface area contributed by atoms with E-state index < -0.39 is 16.0 Å². The Morgan fingerprint density at radius 1 is 1.32 bits per heavy atom. The third kappa shape index (κ3) is 3.56. The second-order valence-corrected chi connectivity index (χ2v) is 8.15. The van der Waals surface area contributed by atoms with Gasteiger partial charge in [-0.2, -0.15) is 9.40 Å². The number of fused-ring (bicyclic) bond motifs is 1. The molecule has 0 bridgehead atoms. The van der Waals surface area contributed by atoms with Crippen molar-refractivity contribution in [1.29, 1.82) is 0 Å². The molecule has 0 saturated heterocycles. The molecular formula is C16H18ClN3O4S. The highest BCUT2D eigenvalue weighted by molar-refractivity contribution is 7.88. The summed E-state index contributed by atoms with van der Waals surface area (Å²) in [7, 11) is -3.36. The molecular weight excluding hydrogens is 366 g/mol. The molecule has 25 heavy (non-hydrogen) atoms. The summed E-state index contributed by atoms with van der Waals surface area (Å²) in [5.41, 5.74) is 2.31. The van der Waals surface area contributed by atoms with Crippen LogP contribution in [0.25, 0.3) is 5.69 Å². The summed E-state index contributed by atoms with van der Waals surface area (Å²) < 4.78 is 31.9. The molecule has 2 heterocycles. The van der Waals surface area contributed by atoms with Gasteiger partial charge in [0.25, 0.3) is 0 Å². The van der Waals surface area contributed by atoms with Crippen LogP contribution >= 0.6 is 11.6 Å². The quantitative estimate of drug-likeness (QED) is 0.754. The van der Waals surface area contributed by atoms with Gasteiger partial charge in [0.15, 0.2) is 5.69 Å². The Hall–Kier alpha value is -1.90. The molecule has 7 nitrogen and oxygen atoms in total. The van der Waals surface area contributed by atoms with Crippen LogP contribution in [0.4, 0.5) is 0 Å². The molecule has 9 heteroatoms. The van der Waals surface area contributed by atoms with E-state index in [9.17, 15) is 13.2 Å². The average Bonchev–Trinajstić information content (AvgIpc) is 2.94. The molecule has 3 rings (SSSR count). The van der Waals surface area contributed by atoms with Gasteiger partial charge in [-0.15, -0.1) is 0 Å². The Labute approximate surface area is 151 Å². The molecule has 0 saturated carbocycles. The predicted molar refractivity (Wildman–Crippen MR) is 93.5 cm³/mol. The normalized spacial score (nSPS) is 15.0. The number of ether oxygens (including phenoxy) is 1. The molecule has 0 amide bonds. The van der Waals surface area contributed by atoms with E-state index in [-0.39, 0.29) is 18.8 Å². The lowest BCUT2D eigenvalue weighted by Gasteiger charge is -2.25. The molecule has 0 unspecified atom stereocenters. The number of hydrogen-bond donors (Lipinski definition) is 0. The number of carbonyl (C=O) groups is 1. The van der Waals surface area contributed by atoms with Crippen molar-refractivity contribution in [3.63, 3.8) is 0 Å². The van der Waals surface area contributed by atoms with Crippen LogP contribution in [0, 0.1) is 0 Å². The average molecular weight is 384 g/mol. The van der Waals surface area contributed by atoms with E-state index >= 15 is 0 Å². The number of halogens is 1. The van der Waals surface area contributed by atoms with Crippen molar-refractivity contribution < 1.29 is 17.9 Å². The van der Waals surface area contributed by atoms with Gasteiger partial charge in [-0.1, -0.05) is 11.6 Å². The molecule has 1 aliphatic rings. The Morgan fingerprint density at radius 2 is 2.00 bits per heavy atom. The third-order valence-electron chi connectivity index (χ3n) is 4.03. The first-order valence-corrected chi connectivity index (χ1v) is 10.0. The molecule has 1 aromatic carbocycles. The minimum absolute atomic E-state index is 0.107. The maximum atomic E-state index is 12.3. The maximum absolute atomic E-state index is 12.3. The zero-order valence-electron chi connectivity index (χ0n) is 13.9. The van der Waals surface area contributed by atoms with Gasteiger partial charge in [0.1, 0.15) is 0 Å². The Kier molecular flexibility index (Phi) is 4.86. The van der Waals surface area contributed by atoms with Crippen molar-refractivity contribution in [3.8, 4) is 5.69 Å². The van der Waals surface area contributed by atoms with E-state index in [4.69, 9.17) is 16.3 Å². The van der Waals surface area contributed by atoms with Crippen LogP contribution in [-0.4, -0.2) is 47.9 Å². The second kappa shape index (κ2) is 6.78. The predicted octanol–water partition coefficient (Wildman–Crippen LogP) is 2.02. The van der Waals surface area contributed by atoms with Crippen molar-refractivity contribution >= 4 is 27.6 Å². The second-order valence-electron chi connectivity index (χ2n) is 5.73. The lowest BCUT2D eigenvalue weighted by atomic mass is 10.1. The van der Waals surface area contributed by atoms with E-state index in [0.29, 0.717) is 23.6 Å². The zero-order valence-corrected chi connectivity index (χ0v) is 15.5. The van der Waals surface area contributed by atoms with Crippen LogP contribution in [0.5, 0.6) is 0 Å². The number of carbonyl (C=O) groups excluding carboxylic acids is 1. The minimum Gasteiger partial charge on any atom is -0.461 e. The van der Waals surface area contributed by atoms with Gasteiger partial charge in [0.2, 0.25) is 10.0 Å². The standard InChI is InChI=1S/C16H18ClN3O4S/c1-3-24-16(21)15-13-10-19(25(2,22)23)9-8-14(13)20(18-15)12-6-4-11(17)5-7-12/h4-7H,3,8-10H2,1-2H3. The molecule has 0 N–H and O–H groups in total. The van der Waals surface area contributed by atoms with Gasteiger partial charge < -0.3 is 4.74 Å². The summed E-state index contributed by atoms with van der Waals surface area (Å²) in [5.74, 6) is -0.554. The number of rotatable bonds is 4. The summed E-state index contributed by atoms with van der Waals surface area (Å²) in [5, 5.41) is 5.00. The number of hydrogen-bond acceptors (Lipinski definition) is 5. The highest BCUT2D eigenvalue weighted by Crippen LogP contribution is 2.27. The molecule has 0 fully saturated rings. The van der Waals surface area contributed by atoms with Crippen LogP contribution in [0.1, 0.15) is 28.7 Å². The van der Waals surface area contributed by atoms with Crippen molar-refractivity contribution in [2.24, 2.45) is 0 Å². The first kappa shape index (κ1) is 17.9. The van der Waals surface area contributed by atoms with Crippen molar-refractivity contribution in [1.82, 2.24) is 14.1 Å². The molecule has 2 aromatic rings. The monoisotopic (exact) mass is 383 g/mol. The minimum atomic E-state index is -3.36.